The molecule has 0 saturated carbocycles. The van der Waals surface area contributed by atoms with Crippen LogP contribution in [-0.2, 0) is 0 Å². The van der Waals surface area contributed by atoms with Crippen LogP contribution in [0.3, 0.4) is 0 Å². The summed E-state index contributed by atoms with van der Waals surface area (Å²) in [5.74, 6) is 0.527. The van der Waals surface area contributed by atoms with Gasteiger partial charge in [0.2, 0.25) is 5.95 Å². The van der Waals surface area contributed by atoms with Gasteiger partial charge in [0.1, 0.15) is 5.82 Å². The molecule has 0 unspecified atom stereocenters. The fourth-order valence-corrected chi connectivity index (χ4v) is 1.83. The maximum Gasteiger partial charge on any atom is 0.322 e. The summed E-state index contributed by atoms with van der Waals surface area (Å²) in [6.07, 6.45) is -0.0525. The average molecular weight is 290 g/mol. The first-order chi connectivity index (χ1) is 10.0. The van der Waals surface area contributed by atoms with Crippen molar-refractivity contribution in [1.82, 2.24) is 15.0 Å². The van der Waals surface area contributed by atoms with E-state index in [2.05, 4.69) is 20.3 Å². The molecular formula is C15H19FN4O. The predicted molar refractivity (Wildman–Crippen MR) is 79.9 cm³/mol. The number of aromatic nitrogens is 3. The molecule has 0 aliphatic heterocycles. The number of ether oxygens (including phenoxy) is 1. The summed E-state index contributed by atoms with van der Waals surface area (Å²) in [5.41, 5.74) is 1.13. The largest absolute Gasteiger partial charge is 0.461 e. The highest BCUT2D eigenvalue weighted by molar-refractivity contribution is 5.61. The minimum atomic E-state index is -0.288. The van der Waals surface area contributed by atoms with E-state index >= 15 is 0 Å². The molecule has 2 rings (SSSR count). The van der Waals surface area contributed by atoms with Crippen LogP contribution >= 0.6 is 0 Å². The summed E-state index contributed by atoms with van der Waals surface area (Å²) >= 11 is 0. The average Bonchev–Trinajstić information content (AvgIpc) is 2.41. The molecule has 0 fully saturated rings. The molecule has 0 atom stereocenters. The van der Waals surface area contributed by atoms with E-state index in [1.54, 1.807) is 19.1 Å². The quantitative estimate of drug-likeness (QED) is 0.916. The highest BCUT2D eigenvalue weighted by atomic mass is 19.1. The molecule has 0 saturated heterocycles. The van der Waals surface area contributed by atoms with Crippen LogP contribution in [0.15, 0.2) is 18.2 Å². The molecule has 0 bridgehead atoms. The molecular weight excluding hydrogens is 271 g/mol. The van der Waals surface area contributed by atoms with Crippen molar-refractivity contribution in [1.29, 1.82) is 0 Å². The van der Waals surface area contributed by atoms with Crippen molar-refractivity contribution in [3.63, 3.8) is 0 Å². The highest BCUT2D eigenvalue weighted by Gasteiger charge is 2.13. The van der Waals surface area contributed by atoms with Gasteiger partial charge in [-0.05, 0) is 39.3 Å². The Morgan fingerprint density at radius 2 is 2.00 bits per heavy atom. The lowest BCUT2D eigenvalue weighted by Gasteiger charge is -2.12. The van der Waals surface area contributed by atoms with Crippen molar-refractivity contribution in [3.05, 3.63) is 29.6 Å². The van der Waals surface area contributed by atoms with Gasteiger partial charge < -0.3 is 10.1 Å². The highest BCUT2D eigenvalue weighted by Crippen LogP contribution is 2.24. The Balaban J connectivity index is 2.51. The number of halogens is 1. The van der Waals surface area contributed by atoms with Crippen molar-refractivity contribution in [2.24, 2.45) is 0 Å². The second-order valence-electron chi connectivity index (χ2n) is 4.87. The number of nitrogens with zero attached hydrogens (tertiary/aromatic N) is 3. The smallest absolute Gasteiger partial charge is 0.322 e. The number of hydrogen-bond donors (Lipinski definition) is 1. The van der Waals surface area contributed by atoms with Crippen LogP contribution in [0.4, 0.5) is 10.3 Å². The zero-order valence-electron chi connectivity index (χ0n) is 12.6. The number of nitrogens with one attached hydrogen (secondary N) is 1. The molecule has 112 valence electrons. The number of rotatable bonds is 5. The van der Waals surface area contributed by atoms with Gasteiger partial charge in [-0.3, -0.25) is 0 Å². The third-order valence-electron chi connectivity index (χ3n) is 2.80. The van der Waals surface area contributed by atoms with Crippen molar-refractivity contribution < 1.29 is 9.13 Å². The second kappa shape index (κ2) is 6.47. The summed E-state index contributed by atoms with van der Waals surface area (Å²) in [5, 5.41) is 3.03. The fourth-order valence-electron chi connectivity index (χ4n) is 1.83. The van der Waals surface area contributed by atoms with E-state index in [1.807, 2.05) is 20.8 Å². The topological polar surface area (TPSA) is 59.9 Å². The molecule has 2 aromatic rings. The number of benzene rings is 1. The Bertz CT molecular complexity index is 631. The summed E-state index contributed by atoms with van der Waals surface area (Å²) in [6.45, 7) is 8.10. The minimum Gasteiger partial charge on any atom is -0.461 e. The summed E-state index contributed by atoms with van der Waals surface area (Å²) in [7, 11) is 0. The van der Waals surface area contributed by atoms with E-state index in [-0.39, 0.29) is 17.9 Å². The molecule has 5 nitrogen and oxygen atoms in total. The first-order valence-electron chi connectivity index (χ1n) is 6.93. The lowest BCUT2D eigenvalue weighted by atomic mass is 10.1. The minimum absolute atomic E-state index is 0.0525. The van der Waals surface area contributed by atoms with Gasteiger partial charge in [-0.15, -0.1) is 0 Å². The molecule has 1 aromatic carbocycles. The van der Waals surface area contributed by atoms with Gasteiger partial charge in [-0.1, -0.05) is 12.1 Å². The van der Waals surface area contributed by atoms with Gasteiger partial charge in [-0.2, -0.15) is 15.0 Å². The monoisotopic (exact) mass is 290 g/mol. The summed E-state index contributed by atoms with van der Waals surface area (Å²) in [4.78, 5) is 12.8. The maximum atomic E-state index is 13.7. The second-order valence-corrected chi connectivity index (χ2v) is 4.87. The van der Waals surface area contributed by atoms with Gasteiger partial charge in [0.25, 0.3) is 0 Å². The van der Waals surface area contributed by atoms with Crippen molar-refractivity contribution in [3.8, 4) is 17.4 Å². The van der Waals surface area contributed by atoms with Crippen LogP contribution in [0.2, 0.25) is 0 Å². The van der Waals surface area contributed by atoms with E-state index in [0.29, 0.717) is 29.4 Å². The SMILES string of the molecule is CCNc1nc(OC(C)C)nc(-c2cccc(F)c2C)n1. The van der Waals surface area contributed by atoms with Crippen LogP contribution in [0.1, 0.15) is 26.3 Å². The number of hydrogen-bond acceptors (Lipinski definition) is 5. The normalized spacial score (nSPS) is 10.8. The number of anilines is 1. The third-order valence-corrected chi connectivity index (χ3v) is 2.80. The Morgan fingerprint density at radius 1 is 1.24 bits per heavy atom. The first-order valence-corrected chi connectivity index (χ1v) is 6.93. The molecule has 0 spiro atoms. The molecule has 6 heteroatoms. The van der Waals surface area contributed by atoms with Crippen molar-refractivity contribution in [2.75, 3.05) is 11.9 Å². The van der Waals surface area contributed by atoms with Crippen LogP contribution in [0.5, 0.6) is 6.01 Å². The molecule has 1 N–H and O–H groups in total. The first kappa shape index (κ1) is 15.2. The van der Waals surface area contributed by atoms with Gasteiger partial charge in [0.15, 0.2) is 5.82 Å². The molecule has 21 heavy (non-hydrogen) atoms. The van der Waals surface area contributed by atoms with E-state index in [1.165, 1.54) is 6.07 Å². The zero-order chi connectivity index (χ0) is 15.4. The Morgan fingerprint density at radius 3 is 2.67 bits per heavy atom. The van der Waals surface area contributed by atoms with Gasteiger partial charge in [0, 0.05) is 12.1 Å². The molecule has 1 heterocycles. The van der Waals surface area contributed by atoms with E-state index in [9.17, 15) is 4.39 Å². The molecule has 0 aliphatic carbocycles. The zero-order valence-corrected chi connectivity index (χ0v) is 12.6. The van der Waals surface area contributed by atoms with Crippen LogP contribution in [-0.4, -0.2) is 27.6 Å². The Labute approximate surface area is 123 Å². The van der Waals surface area contributed by atoms with Crippen molar-refractivity contribution >= 4 is 5.95 Å². The lowest BCUT2D eigenvalue weighted by molar-refractivity contribution is 0.222. The summed E-state index contributed by atoms with van der Waals surface area (Å²) in [6, 6.07) is 5.06. The van der Waals surface area contributed by atoms with Crippen LogP contribution in [0, 0.1) is 12.7 Å². The molecule has 0 aliphatic rings. The van der Waals surface area contributed by atoms with E-state index < -0.39 is 0 Å². The van der Waals surface area contributed by atoms with Gasteiger partial charge >= 0.3 is 6.01 Å². The lowest BCUT2D eigenvalue weighted by Crippen LogP contribution is -2.12. The van der Waals surface area contributed by atoms with Crippen molar-refractivity contribution in [2.45, 2.75) is 33.8 Å². The van der Waals surface area contributed by atoms with Gasteiger partial charge in [-0.25, -0.2) is 4.39 Å². The van der Waals surface area contributed by atoms with Crippen LogP contribution < -0.4 is 10.1 Å². The Kier molecular flexibility index (Phi) is 4.67. The Hall–Kier alpha value is -2.24. The maximum absolute atomic E-state index is 13.7. The summed E-state index contributed by atoms with van der Waals surface area (Å²) < 4.78 is 19.2. The molecule has 1 aromatic heterocycles. The van der Waals surface area contributed by atoms with E-state index in [4.69, 9.17) is 4.74 Å². The third kappa shape index (κ3) is 3.65. The standard InChI is InChI=1S/C15H19FN4O/c1-5-17-14-18-13(19-15(20-14)21-9(2)3)11-7-6-8-12(16)10(11)4/h6-9H,5H2,1-4H3,(H,17,18,19,20). The molecule has 0 radical (unpaired) electrons. The molecule has 0 amide bonds. The van der Waals surface area contributed by atoms with E-state index in [0.717, 1.165) is 0 Å². The van der Waals surface area contributed by atoms with Gasteiger partial charge in [0.05, 0.1) is 6.10 Å². The fraction of sp³-hybridized carbons (Fsp3) is 0.400. The predicted octanol–water partition coefficient (Wildman–Crippen LogP) is 3.21. The van der Waals surface area contributed by atoms with Crippen LogP contribution in [0.25, 0.3) is 11.4 Å².